The first-order valence-electron chi connectivity index (χ1n) is 6.73. The quantitative estimate of drug-likeness (QED) is 0.415. The second kappa shape index (κ2) is 7.18. The van der Waals surface area contributed by atoms with E-state index in [4.69, 9.17) is 4.74 Å². The maximum absolute atomic E-state index is 12.4. The molecule has 0 aliphatic carbocycles. The standard InChI is InChI=1S/C12H10F3N5O6S/c1-19-10(25-2)16-20(11(19)21)9(17-22)18-27(23,24)8-6-4-3-5-7(8)26-12(13,14)15/h3-6H,1-2H3. The van der Waals surface area contributed by atoms with E-state index in [0.717, 1.165) is 35.9 Å². The zero-order valence-electron chi connectivity index (χ0n) is 13.5. The number of aromatic nitrogens is 3. The molecule has 0 saturated carbocycles. The first-order chi connectivity index (χ1) is 12.5. The number of rotatable bonds is 4. The lowest BCUT2D eigenvalue weighted by atomic mass is 10.3. The van der Waals surface area contributed by atoms with Crippen LogP contribution in [0.3, 0.4) is 0 Å². The number of methoxy groups -OCH3 is 1. The molecule has 27 heavy (non-hydrogen) atoms. The van der Waals surface area contributed by atoms with Gasteiger partial charge in [-0.25, -0.2) is 9.36 Å². The summed E-state index contributed by atoms with van der Waals surface area (Å²) in [5.74, 6) is -2.31. The highest BCUT2D eigenvalue weighted by Gasteiger charge is 2.34. The van der Waals surface area contributed by atoms with Crippen molar-refractivity contribution < 1.29 is 31.1 Å². The summed E-state index contributed by atoms with van der Waals surface area (Å²) in [6, 6.07) is 3.41. The molecule has 0 spiro atoms. The number of hydrogen-bond acceptors (Lipinski definition) is 7. The molecule has 1 heterocycles. The number of para-hydroxylation sites is 1. The summed E-state index contributed by atoms with van der Waals surface area (Å²) in [6.45, 7) is 0. The van der Waals surface area contributed by atoms with Gasteiger partial charge in [0.2, 0.25) is 0 Å². The highest BCUT2D eigenvalue weighted by molar-refractivity contribution is 7.90. The Morgan fingerprint density at radius 3 is 2.41 bits per heavy atom. The number of nitrogens with zero attached hydrogens (tertiary/aromatic N) is 5. The monoisotopic (exact) mass is 409 g/mol. The van der Waals surface area contributed by atoms with Crippen LogP contribution in [-0.2, 0) is 17.1 Å². The van der Waals surface area contributed by atoms with Crippen LogP contribution in [-0.4, -0.2) is 42.2 Å². The third kappa shape index (κ3) is 4.30. The van der Waals surface area contributed by atoms with Crippen molar-refractivity contribution in [2.75, 3.05) is 7.11 Å². The fourth-order valence-electron chi connectivity index (χ4n) is 1.85. The summed E-state index contributed by atoms with van der Waals surface area (Å²) < 4.78 is 74.4. The van der Waals surface area contributed by atoms with E-state index >= 15 is 0 Å². The summed E-state index contributed by atoms with van der Waals surface area (Å²) in [5, 5.41) is 5.82. The van der Waals surface area contributed by atoms with Crippen LogP contribution < -0.4 is 15.2 Å². The van der Waals surface area contributed by atoms with Gasteiger partial charge in [0.1, 0.15) is 10.6 Å². The predicted molar refractivity (Wildman–Crippen MR) is 83.0 cm³/mol. The molecule has 0 aliphatic rings. The molecular weight excluding hydrogens is 399 g/mol. The van der Waals surface area contributed by atoms with Crippen molar-refractivity contribution in [3.05, 3.63) is 39.7 Å². The maximum atomic E-state index is 12.4. The van der Waals surface area contributed by atoms with Crippen LogP contribution in [0.1, 0.15) is 0 Å². The van der Waals surface area contributed by atoms with Gasteiger partial charge in [0, 0.05) is 12.2 Å². The van der Waals surface area contributed by atoms with Crippen molar-refractivity contribution in [2.45, 2.75) is 11.3 Å². The number of sulfonamides is 1. The first-order valence-corrected chi connectivity index (χ1v) is 8.17. The molecule has 0 radical (unpaired) electrons. The molecule has 0 aliphatic heterocycles. The van der Waals surface area contributed by atoms with Gasteiger partial charge in [-0.2, -0.15) is 8.42 Å². The zero-order chi connectivity index (χ0) is 20.4. The van der Waals surface area contributed by atoms with Gasteiger partial charge < -0.3 is 9.47 Å². The van der Waals surface area contributed by atoms with E-state index in [9.17, 15) is 31.3 Å². The van der Waals surface area contributed by atoms with Crippen molar-refractivity contribution in [3.63, 3.8) is 0 Å². The molecule has 0 amide bonds. The Bertz CT molecular complexity index is 1060. The van der Waals surface area contributed by atoms with Crippen molar-refractivity contribution in [3.8, 4) is 11.8 Å². The van der Waals surface area contributed by atoms with Gasteiger partial charge in [-0.15, -0.1) is 32.3 Å². The summed E-state index contributed by atoms with van der Waals surface area (Å²) >= 11 is 0. The molecule has 0 unspecified atom stereocenters. The van der Waals surface area contributed by atoms with E-state index in [1.54, 1.807) is 0 Å². The Kier molecular flexibility index (Phi) is 5.34. The average molecular weight is 409 g/mol. The Morgan fingerprint density at radius 2 is 1.89 bits per heavy atom. The molecule has 146 valence electrons. The topological polar surface area (TPSA) is 134 Å². The van der Waals surface area contributed by atoms with Crippen LogP contribution >= 0.6 is 0 Å². The number of nitroso groups, excluding NO2 is 1. The lowest BCUT2D eigenvalue weighted by Crippen LogP contribution is -2.28. The predicted octanol–water partition coefficient (Wildman–Crippen LogP) is 0.848. The third-order valence-corrected chi connectivity index (χ3v) is 4.25. The van der Waals surface area contributed by atoms with E-state index in [1.165, 1.54) is 7.05 Å². The molecule has 0 saturated heterocycles. The van der Waals surface area contributed by atoms with Gasteiger partial charge in [-0.1, -0.05) is 12.1 Å². The SMILES string of the molecule is COc1nn(C(N=O)=NS(=O)(=O)c2ccccc2OC(F)(F)F)c(=O)n1C. The molecule has 11 nitrogen and oxygen atoms in total. The molecule has 1 aromatic carbocycles. The lowest BCUT2D eigenvalue weighted by molar-refractivity contribution is -0.275. The molecule has 1 aromatic heterocycles. The number of benzene rings is 1. The minimum Gasteiger partial charge on any atom is -0.467 e. The highest BCUT2D eigenvalue weighted by Crippen LogP contribution is 2.30. The van der Waals surface area contributed by atoms with E-state index in [2.05, 4.69) is 19.4 Å². The second-order valence-corrected chi connectivity index (χ2v) is 6.26. The van der Waals surface area contributed by atoms with Crippen LogP contribution in [0, 0.1) is 4.91 Å². The molecule has 0 N–H and O–H groups in total. The smallest absolute Gasteiger partial charge is 0.467 e. The minimum absolute atomic E-state index is 0.219. The van der Waals surface area contributed by atoms with Gasteiger partial charge in [0.05, 0.1) is 7.11 Å². The molecular formula is C12H10F3N5O6S. The molecule has 0 bridgehead atoms. The van der Waals surface area contributed by atoms with Gasteiger partial charge in [-0.3, -0.25) is 0 Å². The van der Waals surface area contributed by atoms with Crippen LogP contribution in [0.2, 0.25) is 0 Å². The molecule has 2 rings (SSSR count). The number of halogens is 3. The van der Waals surface area contributed by atoms with Crippen LogP contribution in [0.5, 0.6) is 11.8 Å². The Hall–Kier alpha value is -3.23. The highest BCUT2D eigenvalue weighted by atomic mass is 32.2. The summed E-state index contributed by atoms with van der Waals surface area (Å²) in [5.41, 5.74) is -1.03. The fraction of sp³-hybridized carbons (Fsp3) is 0.250. The number of alkyl halides is 3. The summed E-state index contributed by atoms with van der Waals surface area (Å²) in [6.07, 6.45) is -5.17. The maximum Gasteiger partial charge on any atom is 0.573 e. The summed E-state index contributed by atoms with van der Waals surface area (Å²) in [7, 11) is -2.58. The van der Waals surface area contributed by atoms with E-state index < -0.39 is 38.7 Å². The van der Waals surface area contributed by atoms with Crippen molar-refractivity contribution >= 4 is 16.0 Å². The number of hydrogen-bond donors (Lipinski definition) is 0. The van der Waals surface area contributed by atoms with Crippen molar-refractivity contribution in [1.82, 2.24) is 14.3 Å². The first kappa shape index (κ1) is 20.1. The van der Waals surface area contributed by atoms with Gasteiger partial charge in [0.25, 0.3) is 10.0 Å². The van der Waals surface area contributed by atoms with E-state index in [-0.39, 0.29) is 10.7 Å². The Labute approximate surface area is 148 Å². The molecule has 15 heteroatoms. The molecule has 0 atom stereocenters. The van der Waals surface area contributed by atoms with Gasteiger partial charge in [-0.05, 0) is 12.1 Å². The minimum atomic E-state index is -5.17. The van der Waals surface area contributed by atoms with Crippen molar-refractivity contribution in [1.29, 1.82) is 0 Å². The lowest BCUT2D eigenvalue weighted by Gasteiger charge is -2.11. The zero-order valence-corrected chi connectivity index (χ0v) is 14.4. The van der Waals surface area contributed by atoms with Crippen LogP contribution in [0.15, 0.2) is 43.5 Å². The summed E-state index contributed by atoms with van der Waals surface area (Å²) in [4.78, 5) is 21.9. The third-order valence-electron chi connectivity index (χ3n) is 2.95. The average Bonchev–Trinajstić information content (AvgIpc) is 2.86. The largest absolute Gasteiger partial charge is 0.573 e. The van der Waals surface area contributed by atoms with Crippen LogP contribution in [0.25, 0.3) is 0 Å². The van der Waals surface area contributed by atoms with Crippen LogP contribution in [0.4, 0.5) is 13.2 Å². The molecule has 0 fully saturated rings. The second-order valence-electron chi connectivity index (χ2n) is 4.69. The molecule has 2 aromatic rings. The Morgan fingerprint density at radius 1 is 1.26 bits per heavy atom. The normalized spacial score (nSPS) is 12.7. The van der Waals surface area contributed by atoms with E-state index in [0.29, 0.717) is 0 Å². The fourth-order valence-corrected chi connectivity index (χ4v) is 2.89. The van der Waals surface area contributed by atoms with E-state index in [1.807, 2.05) is 0 Å². The Balaban J connectivity index is 2.60. The van der Waals surface area contributed by atoms with Gasteiger partial charge in [0.15, 0.2) is 0 Å². The van der Waals surface area contributed by atoms with Gasteiger partial charge >= 0.3 is 24.0 Å². The number of ether oxygens (including phenoxy) is 2. The van der Waals surface area contributed by atoms with Crippen molar-refractivity contribution in [2.24, 2.45) is 16.6 Å².